The molecule has 0 atom stereocenters. The van der Waals surface area contributed by atoms with Crippen molar-refractivity contribution in [2.75, 3.05) is 27.2 Å². The molecule has 98 valence electrons. The molecule has 0 fully saturated rings. The molecule has 0 radical (unpaired) electrons. The zero-order valence-electron chi connectivity index (χ0n) is 10.4. The Labute approximate surface area is 97.2 Å². The van der Waals surface area contributed by atoms with Gasteiger partial charge >= 0.3 is 13.2 Å². The van der Waals surface area contributed by atoms with E-state index in [9.17, 15) is 9.36 Å². The largest absolute Gasteiger partial charge is 0.413 e. The molecular formula is C9H23N2O4P. The molecule has 1 amide bonds. The van der Waals surface area contributed by atoms with Gasteiger partial charge in [-0.2, -0.15) is 0 Å². The van der Waals surface area contributed by atoms with Gasteiger partial charge in [-0.15, -0.1) is 0 Å². The van der Waals surface area contributed by atoms with Crippen molar-refractivity contribution in [3.8, 4) is 0 Å². The number of unbranched alkanes of at least 4 members (excludes halogenated alkanes) is 1. The summed E-state index contributed by atoms with van der Waals surface area (Å²) in [5, 5.41) is 2.11. The molecule has 0 spiro atoms. The van der Waals surface area contributed by atoms with Crippen molar-refractivity contribution >= 4 is 13.2 Å². The van der Waals surface area contributed by atoms with E-state index >= 15 is 0 Å². The summed E-state index contributed by atoms with van der Waals surface area (Å²) in [5.74, 6) is 0. The smallest absolute Gasteiger partial charge is 0.344 e. The number of rotatable bonds is 5. The molecule has 0 aromatic heterocycles. The second kappa shape index (κ2) is 9.78. The van der Waals surface area contributed by atoms with Crippen LogP contribution in [0.15, 0.2) is 0 Å². The van der Waals surface area contributed by atoms with Crippen molar-refractivity contribution in [3.63, 3.8) is 0 Å². The van der Waals surface area contributed by atoms with Gasteiger partial charge in [-0.1, -0.05) is 26.7 Å². The number of likely N-dealkylation sites (N-methyl/N-ethyl adjacent to an activating group) is 1. The van der Waals surface area contributed by atoms with E-state index < -0.39 is 13.2 Å². The van der Waals surface area contributed by atoms with Crippen LogP contribution in [0.5, 0.6) is 0 Å². The predicted octanol–water partition coefficient (Wildman–Crippen LogP) is 1.24. The Morgan fingerprint density at radius 1 is 1.25 bits per heavy atom. The fraction of sp³-hybridized carbons (Fsp3) is 0.889. The zero-order chi connectivity index (χ0) is 13.2. The standard InChI is InChI=1S/C5H13N2O4P.C4H10/c1-7(2)4-3-6-5(8)12(9,10)11;1-3-4-2/h3-4H2,1-2H3,(H,6,8)(H2,9,10,11);3-4H2,1-2H3. The summed E-state index contributed by atoms with van der Waals surface area (Å²) in [6.45, 7) is 5.14. The SMILES string of the molecule is CCCC.CN(C)CCNC(=O)P(=O)(O)O. The lowest BCUT2D eigenvalue weighted by molar-refractivity contribution is 0.247. The predicted molar refractivity (Wildman–Crippen MR) is 64.6 cm³/mol. The molecule has 3 N–H and O–H groups in total. The molecular weight excluding hydrogens is 231 g/mol. The third kappa shape index (κ3) is 13.6. The topological polar surface area (TPSA) is 89.9 Å². The highest BCUT2D eigenvalue weighted by Gasteiger charge is 2.24. The van der Waals surface area contributed by atoms with Crippen LogP contribution in [0, 0.1) is 0 Å². The minimum Gasteiger partial charge on any atom is -0.344 e. The molecule has 0 unspecified atom stereocenters. The maximum atomic E-state index is 10.6. The van der Waals surface area contributed by atoms with E-state index in [0.29, 0.717) is 6.54 Å². The highest BCUT2D eigenvalue weighted by molar-refractivity contribution is 7.69. The van der Waals surface area contributed by atoms with Crippen molar-refractivity contribution in [2.45, 2.75) is 26.7 Å². The second-order valence-electron chi connectivity index (χ2n) is 3.58. The molecule has 0 aliphatic rings. The van der Waals surface area contributed by atoms with Crippen LogP contribution in [-0.2, 0) is 4.57 Å². The normalized spacial score (nSPS) is 10.7. The number of hydrogen-bond acceptors (Lipinski definition) is 3. The Bertz CT molecular complexity index is 226. The molecule has 0 aromatic rings. The van der Waals surface area contributed by atoms with Gasteiger partial charge in [-0.3, -0.25) is 4.79 Å². The first-order valence-corrected chi connectivity index (χ1v) is 6.85. The number of carbonyl (C=O) groups excluding carboxylic acids is 1. The number of amides is 1. The van der Waals surface area contributed by atoms with Gasteiger partial charge in [0.05, 0.1) is 0 Å². The Morgan fingerprint density at radius 3 is 1.94 bits per heavy atom. The van der Waals surface area contributed by atoms with Crippen LogP contribution in [-0.4, -0.2) is 47.5 Å². The number of carbonyl (C=O) groups is 1. The van der Waals surface area contributed by atoms with E-state index in [0.717, 1.165) is 0 Å². The van der Waals surface area contributed by atoms with Gasteiger partial charge in [-0.05, 0) is 14.1 Å². The number of nitrogens with one attached hydrogen (secondary N) is 1. The molecule has 0 aliphatic heterocycles. The zero-order valence-corrected chi connectivity index (χ0v) is 11.3. The van der Waals surface area contributed by atoms with Gasteiger partial charge in [-0.25, -0.2) is 4.57 Å². The first-order chi connectivity index (χ1) is 7.25. The lowest BCUT2D eigenvalue weighted by Gasteiger charge is -2.10. The molecule has 0 aliphatic carbocycles. The third-order valence-corrected chi connectivity index (χ3v) is 2.29. The number of hydrogen-bond donors (Lipinski definition) is 3. The Balaban J connectivity index is 0. The Morgan fingerprint density at radius 2 is 1.69 bits per heavy atom. The maximum Gasteiger partial charge on any atom is 0.413 e. The average Bonchev–Trinajstić information content (AvgIpc) is 2.16. The van der Waals surface area contributed by atoms with Gasteiger partial charge < -0.3 is 20.0 Å². The minimum absolute atomic E-state index is 0.233. The van der Waals surface area contributed by atoms with E-state index in [2.05, 4.69) is 19.2 Å². The van der Waals surface area contributed by atoms with E-state index in [1.165, 1.54) is 12.8 Å². The van der Waals surface area contributed by atoms with Crippen LogP contribution < -0.4 is 5.32 Å². The first kappa shape index (κ1) is 18.0. The Hall–Kier alpha value is -0.420. The summed E-state index contributed by atoms with van der Waals surface area (Å²) in [4.78, 5) is 29.0. The number of nitrogens with zero attached hydrogens (tertiary/aromatic N) is 1. The highest BCUT2D eigenvalue weighted by Crippen LogP contribution is 2.34. The van der Waals surface area contributed by atoms with Crippen molar-refractivity contribution < 1.29 is 19.1 Å². The monoisotopic (exact) mass is 254 g/mol. The molecule has 0 heterocycles. The van der Waals surface area contributed by atoms with Crippen molar-refractivity contribution in [2.24, 2.45) is 0 Å². The van der Waals surface area contributed by atoms with Crippen LogP contribution >= 0.6 is 7.60 Å². The minimum atomic E-state index is -4.59. The summed E-state index contributed by atoms with van der Waals surface area (Å²) in [5.41, 5.74) is -1.22. The fourth-order valence-corrected chi connectivity index (χ4v) is 0.807. The molecule has 16 heavy (non-hydrogen) atoms. The van der Waals surface area contributed by atoms with Gasteiger partial charge in [0.1, 0.15) is 0 Å². The van der Waals surface area contributed by atoms with Crippen molar-refractivity contribution in [3.05, 3.63) is 0 Å². The Kier molecular flexibility index (Phi) is 11.0. The van der Waals surface area contributed by atoms with Gasteiger partial charge in [0.25, 0.3) is 0 Å². The van der Waals surface area contributed by atoms with Crippen molar-refractivity contribution in [1.29, 1.82) is 0 Å². The summed E-state index contributed by atoms with van der Waals surface area (Å²) in [7, 11) is -0.995. The van der Waals surface area contributed by atoms with E-state index in [1.807, 2.05) is 0 Å². The average molecular weight is 254 g/mol. The molecule has 0 saturated heterocycles. The van der Waals surface area contributed by atoms with Crippen LogP contribution in [0.25, 0.3) is 0 Å². The van der Waals surface area contributed by atoms with E-state index in [1.54, 1.807) is 19.0 Å². The van der Waals surface area contributed by atoms with Crippen LogP contribution in [0.3, 0.4) is 0 Å². The fourth-order valence-electron chi connectivity index (χ4n) is 0.489. The van der Waals surface area contributed by atoms with E-state index in [4.69, 9.17) is 9.79 Å². The first-order valence-electron chi connectivity index (χ1n) is 5.24. The molecule has 0 bridgehead atoms. The van der Waals surface area contributed by atoms with E-state index in [-0.39, 0.29) is 6.54 Å². The van der Waals surface area contributed by atoms with Crippen molar-refractivity contribution in [1.82, 2.24) is 10.2 Å². The lowest BCUT2D eigenvalue weighted by atomic mass is 10.4. The van der Waals surface area contributed by atoms with Crippen LogP contribution in [0.1, 0.15) is 26.7 Å². The van der Waals surface area contributed by atoms with Gasteiger partial charge in [0.2, 0.25) is 0 Å². The molecule has 0 saturated carbocycles. The molecule has 0 aromatic carbocycles. The van der Waals surface area contributed by atoms with Gasteiger partial charge in [0.15, 0.2) is 0 Å². The maximum absolute atomic E-state index is 10.6. The summed E-state index contributed by atoms with van der Waals surface area (Å²) < 4.78 is 10.3. The third-order valence-electron chi connectivity index (χ3n) is 1.60. The van der Waals surface area contributed by atoms with Gasteiger partial charge in [0, 0.05) is 13.1 Å². The summed E-state index contributed by atoms with van der Waals surface area (Å²) in [6.07, 6.45) is 2.64. The summed E-state index contributed by atoms with van der Waals surface area (Å²) >= 11 is 0. The molecule has 6 nitrogen and oxygen atoms in total. The highest BCUT2D eigenvalue weighted by atomic mass is 31.2. The summed E-state index contributed by atoms with van der Waals surface area (Å²) in [6, 6.07) is 0. The van der Waals surface area contributed by atoms with Crippen LogP contribution in [0.2, 0.25) is 0 Å². The molecule has 7 heteroatoms. The second-order valence-corrected chi connectivity index (χ2v) is 5.07. The quantitative estimate of drug-likeness (QED) is 0.642. The molecule has 0 rings (SSSR count). The van der Waals surface area contributed by atoms with Crippen LogP contribution in [0.4, 0.5) is 4.79 Å². The lowest BCUT2D eigenvalue weighted by Crippen LogP contribution is -2.30.